The summed E-state index contributed by atoms with van der Waals surface area (Å²) in [4.78, 5) is 24.3. The molecule has 10 heterocycles. The number of carbonyl (C=O) groups is 2. The Morgan fingerprint density at radius 3 is 0.880 bits per heavy atom. The van der Waals surface area contributed by atoms with Gasteiger partial charge in [-0.25, -0.2) is 55.0 Å². The van der Waals surface area contributed by atoms with Gasteiger partial charge in [0, 0.05) is 63.9 Å². The lowest BCUT2D eigenvalue weighted by atomic mass is 9.55. The minimum atomic E-state index is -0.760. The van der Waals surface area contributed by atoms with E-state index in [0.29, 0.717) is 49.5 Å². The number of aliphatic hydroxyl groups is 1. The van der Waals surface area contributed by atoms with Gasteiger partial charge < -0.3 is 28.8 Å². The summed E-state index contributed by atoms with van der Waals surface area (Å²) in [7, 11) is 0. The van der Waals surface area contributed by atoms with Crippen molar-refractivity contribution in [3.63, 3.8) is 0 Å². The third kappa shape index (κ3) is 14.5. The third-order valence-electron chi connectivity index (χ3n) is 33.7. The summed E-state index contributed by atoms with van der Waals surface area (Å²) in [5, 5.41) is 33.5. The summed E-state index contributed by atoms with van der Waals surface area (Å²) in [5.74, 6) is -1.10. The fourth-order valence-corrected chi connectivity index (χ4v) is 26.3. The summed E-state index contributed by atoms with van der Waals surface area (Å²) in [5.41, 5.74) is 22.2. The van der Waals surface area contributed by atoms with Crippen LogP contribution in [0.5, 0.6) is 0 Å². The molecular formula is C110H115F5N10O8. The topological polar surface area (TPSA) is 190 Å². The van der Waals surface area contributed by atoms with Crippen LogP contribution in [0.2, 0.25) is 0 Å². The second-order valence-corrected chi connectivity index (χ2v) is 42.0. The highest BCUT2D eigenvalue weighted by Crippen LogP contribution is 2.65. The first-order valence-corrected chi connectivity index (χ1v) is 47.5. The molecule has 5 saturated carbocycles. The molecule has 5 saturated heterocycles. The Hall–Kier alpha value is -11.5. The van der Waals surface area contributed by atoms with Gasteiger partial charge in [-0.2, -0.15) is 25.5 Å². The van der Waals surface area contributed by atoms with E-state index in [4.69, 9.17) is 23.7 Å². The zero-order valence-corrected chi connectivity index (χ0v) is 77.0. The smallest absolute Gasteiger partial charge is 0.334 e. The van der Waals surface area contributed by atoms with E-state index in [1.54, 1.807) is 60.7 Å². The molecule has 5 aromatic heterocycles. The number of halogens is 5. The van der Waals surface area contributed by atoms with E-state index in [1.165, 1.54) is 117 Å². The number of hydrogen-bond acceptors (Lipinski definition) is 13. The minimum absolute atomic E-state index is 0.00561. The van der Waals surface area contributed by atoms with Crippen molar-refractivity contribution >= 4 is 42.3 Å². The third-order valence-corrected chi connectivity index (χ3v) is 33.7. The predicted molar refractivity (Wildman–Crippen MR) is 500 cm³/mol. The first-order valence-electron chi connectivity index (χ1n) is 47.5. The highest BCUT2D eigenvalue weighted by Gasteiger charge is 2.65. The molecule has 0 radical (unpaired) electrons. The van der Waals surface area contributed by atoms with E-state index < -0.39 is 16.8 Å². The van der Waals surface area contributed by atoms with Gasteiger partial charge in [0.2, 0.25) is 0 Å². The van der Waals surface area contributed by atoms with Gasteiger partial charge in [-0.3, -0.25) is 0 Å². The van der Waals surface area contributed by atoms with Gasteiger partial charge in [0.15, 0.2) is 0 Å². The van der Waals surface area contributed by atoms with Crippen LogP contribution >= 0.6 is 0 Å². The fourth-order valence-electron chi connectivity index (χ4n) is 26.3. The molecule has 5 spiro atoms. The van der Waals surface area contributed by atoms with Gasteiger partial charge in [0.05, 0.1) is 130 Å². The molecule has 23 heteroatoms. The van der Waals surface area contributed by atoms with Crippen LogP contribution in [0.3, 0.4) is 0 Å². The van der Waals surface area contributed by atoms with Crippen LogP contribution in [0.1, 0.15) is 233 Å². The zero-order chi connectivity index (χ0) is 92.4. The number of rotatable bonds is 5. The van der Waals surface area contributed by atoms with Crippen LogP contribution < -0.4 is 0 Å². The number of hydrogen-bond donors (Lipinski definition) is 1. The summed E-state index contributed by atoms with van der Waals surface area (Å²) in [6.07, 6.45) is 44.8. The van der Waals surface area contributed by atoms with Gasteiger partial charge in [0.25, 0.3) is 0 Å². The standard InChI is InChI=1S/C22H25FN2O2.2C22H21FN2O2.C22H25FN2O.C22H23FN2O/c1-20(26)13-22(27-14-20)9-3-4-16-10-19-15(11-21(16,22)2)12-24-25(19)18-7-5-17(23)6-8-18;2*1-14-11-22(27-20(14)26)9-3-4-16-10-19-15(12-21(16,22)2)13-24-25(19)18-7-5-17(23)6-8-18;2*1-15-11-22(26-14-15)9-3-4-17-10-20-16(12-21(17,22)2)13-24-25(20)19-7-5-18(23)6-8-19/h5-8,10,12,26H,3-4,9,11,13-14H2,1-2H3;2*5-8,10,13H,1,3-4,9,11-12H2,2H3;5-8,10,13,15H,3-4,9,11-12,14H2,1-2H3;5-8,10,13H,1,3-4,9,11-12,14H2,2H3/t20?,21-,22+;21-,22+;21-,22-;15?,21-,22+;21-,22+/m00000/s1. The van der Waals surface area contributed by atoms with Crippen LogP contribution in [0, 0.1) is 62.1 Å². The quantitative estimate of drug-likeness (QED) is 0.0742. The lowest BCUT2D eigenvalue weighted by Gasteiger charge is -2.52. The molecule has 10 aromatic rings. The number of nitrogens with zero attached hydrogens (tertiary/aromatic N) is 10. The molecule has 25 rings (SSSR count). The number of aromatic nitrogens is 10. The van der Waals surface area contributed by atoms with E-state index in [9.17, 15) is 36.6 Å². The molecule has 18 nitrogen and oxygen atoms in total. The Balaban J connectivity index is 0.000000100. The highest BCUT2D eigenvalue weighted by atomic mass is 19.1. The molecule has 0 bridgehead atoms. The van der Waals surface area contributed by atoms with Crippen LogP contribution in [-0.2, 0) is 65.4 Å². The van der Waals surface area contributed by atoms with Crippen molar-refractivity contribution in [1.29, 1.82) is 0 Å². The number of esters is 2. The summed E-state index contributed by atoms with van der Waals surface area (Å²) in [6, 6.07) is 32.3. The van der Waals surface area contributed by atoms with Crippen molar-refractivity contribution in [3.8, 4) is 28.4 Å². The number of benzene rings is 5. The lowest BCUT2D eigenvalue weighted by Crippen LogP contribution is -2.52. The SMILES string of the molecule is C=C1CO[C@]2(CCCC3=Cc4c(cnn4-c4ccc(F)cc4)C[C@@]32C)C1.C=C1C[C@@]2(CCCC3=Cc4c(cnn4-c4ccc(F)cc4)C[C@@]32C)OC1=O.C=C1C[C@]2(CCCC3=Cc4c(cnn4-c4ccc(F)cc4)C[C@@]32C)OC1=O.CC1(O)CO[C@]2(CCCC3=Cc4c(cnn4-c4ccc(F)cc4)C[C@@]32C)C1.CC1CO[C@]2(CCCC3=Cc4c(cnn4-c4ccc(F)cc4)C[C@@]32C)C1. The number of ether oxygens (including phenoxy) is 5. The first kappa shape index (κ1) is 88.1. The Kier molecular flexibility index (Phi) is 21.5. The Morgan fingerprint density at radius 1 is 0.353 bits per heavy atom. The minimum Gasteiger partial charge on any atom is -0.454 e. The van der Waals surface area contributed by atoms with Crippen molar-refractivity contribution in [2.75, 3.05) is 19.8 Å². The second kappa shape index (κ2) is 32.4. The normalized spacial score (nSPS) is 31.4. The predicted octanol–water partition coefficient (Wildman–Crippen LogP) is 22.6. The van der Waals surface area contributed by atoms with Gasteiger partial charge in [-0.1, -0.05) is 89.1 Å². The summed E-state index contributed by atoms with van der Waals surface area (Å²) >= 11 is 0. The van der Waals surface area contributed by atoms with E-state index in [-0.39, 0.29) is 84.9 Å². The molecule has 10 fully saturated rings. The van der Waals surface area contributed by atoms with Crippen molar-refractivity contribution in [2.45, 2.75) is 243 Å². The van der Waals surface area contributed by atoms with E-state index >= 15 is 0 Å². The molecule has 15 aliphatic rings. The summed E-state index contributed by atoms with van der Waals surface area (Å²) in [6.45, 7) is 29.6. The highest BCUT2D eigenvalue weighted by molar-refractivity contribution is 5.92. The number of fused-ring (bicyclic) bond motifs is 15. The monoisotopic (exact) mass is 1800 g/mol. The summed E-state index contributed by atoms with van der Waals surface area (Å²) < 4.78 is 107. The Morgan fingerprint density at radius 2 is 0.624 bits per heavy atom. The van der Waals surface area contributed by atoms with E-state index in [2.05, 4.69) is 117 Å². The maximum Gasteiger partial charge on any atom is 0.334 e. The Labute approximate surface area is 773 Å². The van der Waals surface area contributed by atoms with Gasteiger partial charge in [0.1, 0.15) is 40.3 Å². The maximum atomic E-state index is 13.3. The molecule has 2 unspecified atom stereocenters. The lowest BCUT2D eigenvalue weighted by molar-refractivity contribution is -0.161. The van der Waals surface area contributed by atoms with Crippen molar-refractivity contribution in [3.05, 3.63) is 302 Å². The molecule has 12 atom stereocenters. The largest absolute Gasteiger partial charge is 0.454 e. The molecule has 0 amide bonds. The van der Waals surface area contributed by atoms with Crippen LogP contribution in [0.4, 0.5) is 22.0 Å². The van der Waals surface area contributed by atoms with Gasteiger partial charge in [-0.15, -0.1) is 0 Å². The van der Waals surface area contributed by atoms with Crippen molar-refractivity contribution in [1.82, 2.24) is 48.9 Å². The molecule has 1 N–H and O–H groups in total. The fraction of sp³-hybridized carbons (Fsp3) is 0.427. The number of carbonyl (C=O) groups excluding carboxylic acids is 2. The van der Waals surface area contributed by atoms with Crippen molar-refractivity contribution in [2.24, 2.45) is 33.0 Å². The van der Waals surface area contributed by atoms with Gasteiger partial charge in [-0.05, 0) is 333 Å². The van der Waals surface area contributed by atoms with Crippen LogP contribution in [0.15, 0.2) is 217 Å². The first-order chi connectivity index (χ1) is 63.7. The van der Waals surface area contributed by atoms with Crippen molar-refractivity contribution < 1.29 is 60.3 Å². The molecule has 133 heavy (non-hydrogen) atoms. The molecule has 5 aliphatic heterocycles. The molecule has 10 aliphatic carbocycles. The average Bonchev–Trinajstić information content (AvgIpc) is 1.62. The van der Waals surface area contributed by atoms with E-state index in [1.807, 2.05) is 61.3 Å². The van der Waals surface area contributed by atoms with Gasteiger partial charge >= 0.3 is 11.9 Å². The maximum absolute atomic E-state index is 13.3. The molecule has 5 aromatic carbocycles. The second-order valence-electron chi connectivity index (χ2n) is 42.0. The van der Waals surface area contributed by atoms with E-state index in [0.717, 1.165) is 209 Å². The zero-order valence-electron chi connectivity index (χ0n) is 77.0. The Bertz CT molecular complexity index is 6360. The van der Waals surface area contributed by atoms with Crippen LogP contribution in [0.25, 0.3) is 58.8 Å². The van der Waals surface area contributed by atoms with Crippen LogP contribution in [-0.4, -0.2) is 119 Å². The molecule has 688 valence electrons. The molecular weight excluding hydrogens is 1680 g/mol. The average molecular weight is 1800 g/mol.